The van der Waals surface area contributed by atoms with Crippen molar-refractivity contribution in [3.8, 4) is 0 Å². The van der Waals surface area contributed by atoms with Gasteiger partial charge in [0, 0.05) is 13.7 Å². The second-order valence-corrected chi connectivity index (χ2v) is 4.89. The predicted molar refractivity (Wildman–Crippen MR) is 76.7 cm³/mol. The zero-order valence-electron chi connectivity index (χ0n) is 12.0. The lowest BCUT2D eigenvalue weighted by Gasteiger charge is -2.19. The van der Waals surface area contributed by atoms with Crippen LogP contribution < -0.4 is 0 Å². The van der Waals surface area contributed by atoms with Crippen LogP contribution in [0.25, 0.3) is 11.2 Å². The van der Waals surface area contributed by atoms with E-state index in [1.165, 1.54) is 0 Å². The van der Waals surface area contributed by atoms with Crippen LogP contribution in [0.4, 0.5) is 0 Å². The molecule has 2 aromatic heterocycles. The minimum atomic E-state index is 0.241. The van der Waals surface area contributed by atoms with Gasteiger partial charge in [0.1, 0.15) is 11.3 Å². The van der Waals surface area contributed by atoms with Gasteiger partial charge in [-0.25, -0.2) is 9.67 Å². The first-order chi connectivity index (χ1) is 9.17. The number of imidazole rings is 1. The third-order valence-corrected chi connectivity index (χ3v) is 3.67. The minimum absolute atomic E-state index is 0.241. The maximum Gasteiger partial charge on any atom is 0.159 e. The molecule has 106 valence electrons. The number of ether oxygens (including phenoxy) is 1. The molecule has 0 spiro atoms. The minimum Gasteiger partial charge on any atom is -0.383 e. The van der Waals surface area contributed by atoms with Crippen LogP contribution in [0.5, 0.6) is 0 Å². The van der Waals surface area contributed by atoms with Crippen LogP contribution in [-0.2, 0) is 17.2 Å². The number of rotatable bonds is 6. The zero-order valence-corrected chi connectivity index (χ0v) is 12.7. The zero-order chi connectivity index (χ0) is 14.0. The lowest BCUT2D eigenvalue weighted by molar-refractivity contribution is 0.153. The number of hydrogen-bond acceptors (Lipinski definition) is 3. The molecule has 1 unspecified atom stereocenters. The molecule has 0 amide bonds. The Morgan fingerprint density at radius 2 is 2.11 bits per heavy atom. The van der Waals surface area contributed by atoms with E-state index in [0.717, 1.165) is 35.6 Å². The van der Waals surface area contributed by atoms with Crippen molar-refractivity contribution in [3.05, 3.63) is 11.5 Å². The molecule has 0 fully saturated rings. The molecule has 19 heavy (non-hydrogen) atoms. The molecule has 2 aromatic rings. The highest BCUT2D eigenvalue weighted by Crippen LogP contribution is 2.26. The highest BCUT2D eigenvalue weighted by Gasteiger charge is 2.22. The number of methoxy groups -OCH3 is 1. The average molecular weight is 285 g/mol. The van der Waals surface area contributed by atoms with Gasteiger partial charge in [-0.2, -0.15) is 5.10 Å². The van der Waals surface area contributed by atoms with Crippen molar-refractivity contribution >= 4 is 22.8 Å². The van der Waals surface area contributed by atoms with E-state index in [0.29, 0.717) is 12.5 Å². The molecule has 0 N–H and O–H groups in total. The highest BCUT2D eigenvalue weighted by molar-refractivity contribution is 6.16. The van der Waals surface area contributed by atoms with Crippen molar-refractivity contribution in [2.45, 2.75) is 45.7 Å². The molecule has 2 rings (SSSR count). The molecule has 0 radical (unpaired) electrons. The second kappa shape index (κ2) is 5.92. The molecule has 0 saturated heterocycles. The molecule has 0 aliphatic rings. The van der Waals surface area contributed by atoms with Crippen LogP contribution >= 0.6 is 11.6 Å². The van der Waals surface area contributed by atoms with Gasteiger partial charge in [0.15, 0.2) is 5.65 Å². The molecule has 5 nitrogen and oxygen atoms in total. The van der Waals surface area contributed by atoms with Crippen molar-refractivity contribution in [2.75, 3.05) is 13.7 Å². The highest BCUT2D eigenvalue weighted by atomic mass is 35.5. The summed E-state index contributed by atoms with van der Waals surface area (Å²) in [4.78, 5) is 4.64. The summed E-state index contributed by atoms with van der Waals surface area (Å²) in [6.07, 6.45) is 0.969. The third-order valence-electron chi connectivity index (χ3n) is 3.43. The van der Waals surface area contributed by atoms with Crippen molar-refractivity contribution < 1.29 is 4.74 Å². The molecular weight excluding hydrogens is 264 g/mol. The molecule has 2 heterocycles. The Balaban J connectivity index is 2.67. The summed E-state index contributed by atoms with van der Waals surface area (Å²) in [5.74, 6) is 1.29. The van der Waals surface area contributed by atoms with Crippen molar-refractivity contribution in [1.82, 2.24) is 19.3 Å². The average Bonchev–Trinajstić information content (AvgIpc) is 2.94. The Morgan fingerprint density at radius 3 is 2.63 bits per heavy atom. The quantitative estimate of drug-likeness (QED) is 0.766. The first-order valence-corrected chi connectivity index (χ1v) is 7.20. The summed E-state index contributed by atoms with van der Waals surface area (Å²) >= 11 is 6.06. The lowest BCUT2D eigenvalue weighted by Crippen LogP contribution is -2.18. The topological polar surface area (TPSA) is 44.9 Å². The van der Waals surface area contributed by atoms with E-state index in [1.54, 1.807) is 7.11 Å². The van der Waals surface area contributed by atoms with E-state index in [4.69, 9.17) is 16.3 Å². The van der Waals surface area contributed by atoms with Gasteiger partial charge in [0.2, 0.25) is 0 Å². The summed E-state index contributed by atoms with van der Waals surface area (Å²) in [6, 6.07) is 0.241. The maximum atomic E-state index is 6.06. The number of aryl methyl sites for hydroxylation is 2. The van der Waals surface area contributed by atoms with Crippen LogP contribution in [-0.4, -0.2) is 33.0 Å². The van der Waals surface area contributed by atoms with Crippen LogP contribution in [0.15, 0.2) is 0 Å². The fourth-order valence-corrected chi connectivity index (χ4v) is 2.69. The van der Waals surface area contributed by atoms with E-state index in [2.05, 4.69) is 28.5 Å². The Labute approximate surface area is 118 Å². The van der Waals surface area contributed by atoms with Crippen LogP contribution in [0.1, 0.15) is 37.8 Å². The van der Waals surface area contributed by atoms with Gasteiger partial charge in [0.05, 0.1) is 24.2 Å². The standard InChI is InChI=1S/C13H21ClN4O/c1-5-10(8-19-4)18-11(7-14)15-12-9(3)16-17(6-2)13(12)18/h10H,5-8H2,1-4H3. The van der Waals surface area contributed by atoms with Gasteiger partial charge in [0.25, 0.3) is 0 Å². The summed E-state index contributed by atoms with van der Waals surface area (Å²) in [7, 11) is 1.72. The molecule has 0 saturated carbocycles. The van der Waals surface area contributed by atoms with Crippen LogP contribution in [0, 0.1) is 6.92 Å². The first-order valence-electron chi connectivity index (χ1n) is 6.66. The molecule has 0 aromatic carbocycles. The van der Waals surface area contributed by atoms with E-state index in [-0.39, 0.29) is 6.04 Å². The molecule has 6 heteroatoms. The van der Waals surface area contributed by atoms with Gasteiger partial charge < -0.3 is 9.30 Å². The Bertz CT molecular complexity index is 560. The first kappa shape index (κ1) is 14.3. The van der Waals surface area contributed by atoms with E-state index in [1.807, 2.05) is 11.6 Å². The van der Waals surface area contributed by atoms with Gasteiger partial charge in [-0.3, -0.25) is 0 Å². The normalized spacial score (nSPS) is 13.3. The smallest absolute Gasteiger partial charge is 0.159 e. The molecule has 0 aliphatic heterocycles. The summed E-state index contributed by atoms with van der Waals surface area (Å²) in [5, 5.41) is 4.53. The number of alkyl halides is 1. The number of fused-ring (bicyclic) bond motifs is 1. The van der Waals surface area contributed by atoms with Crippen molar-refractivity contribution in [2.24, 2.45) is 0 Å². The van der Waals surface area contributed by atoms with Gasteiger partial charge >= 0.3 is 0 Å². The van der Waals surface area contributed by atoms with Gasteiger partial charge in [-0.1, -0.05) is 6.92 Å². The molecule has 0 aliphatic carbocycles. The maximum absolute atomic E-state index is 6.06. The Kier molecular flexibility index (Phi) is 4.47. The van der Waals surface area contributed by atoms with Gasteiger partial charge in [-0.15, -0.1) is 11.6 Å². The van der Waals surface area contributed by atoms with Crippen molar-refractivity contribution in [1.29, 1.82) is 0 Å². The largest absolute Gasteiger partial charge is 0.383 e. The molecular formula is C13H21ClN4O. The van der Waals surface area contributed by atoms with Gasteiger partial charge in [-0.05, 0) is 20.3 Å². The SMILES string of the molecule is CCC(COC)n1c(CCl)nc2c(C)nn(CC)c21. The fourth-order valence-electron chi connectivity index (χ4n) is 2.50. The van der Waals surface area contributed by atoms with E-state index >= 15 is 0 Å². The van der Waals surface area contributed by atoms with Crippen LogP contribution in [0.3, 0.4) is 0 Å². The number of aromatic nitrogens is 4. The predicted octanol–water partition coefficient (Wildman–Crippen LogP) is 2.90. The number of halogens is 1. The summed E-state index contributed by atoms with van der Waals surface area (Å²) in [6.45, 7) is 7.69. The number of hydrogen-bond donors (Lipinski definition) is 0. The molecule has 1 atom stereocenters. The lowest BCUT2D eigenvalue weighted by atomic mass is 10.2. The summed E-state index contributed by atoms with van der Waals surface area (Å²) in [5.41, 5.74) is 2.96. The monoisotopic (exact) mass is 284 g/mol. The Hall–Kier alpha value is -1.07. The third kappa shape index (κ3) is 2.37. The second-order valence-electron chi connectivity index (χ2n) is 4.62. The van der Waals surface area contributed by atoms with Crippen LogP contribution in [0.2, 0.25) is 0 Å². The van der Waals surface area contributed by atoms with E-state index < -0.39 is 0 Å². The Morgan fingerprint density at radius 1 is 1.37 bits per heavy atom. The van der Waals surface area contributed by atoms with E-state index in [9.17, 15) is 0 Å². The van der Waals surface area contributed by atoms with Crippen molar-refractivity contribution in [3.63, 3.8) is 0 Å². The molecule has 0 bridgehead atoms. The summed E-state index contributed by atoms with van der Waals surface area (Å²) < 4.78 is 9.51. The number of nitrogens with zero attached hydrogens (tertiary/aromatic N) is 4. The fraction of sp³-hybridized carbons (Fsp3) is 0.692.